The Morgan fingerprint density at radius 3 is 2.34 bits per heavy atom. The molecule has 1 saturated carbocycles. The van der Waals surface area contributed by atoms with Crippen molar-refractivity contribution in [1.29, 1.82) is 0 Å². The number of aryl methyl sites for hydroxylation is 1. The monoisotopic (exact) mass is 422 g/mol. The van der Waals surface area contributed by atoms with Gasteiger partial charge in [0.1, 0.15) is 5.84 Å². The number of aromatic nitrogens is 2. The minimum atomic E-state index is -2.51. The molecule has 0 N–H and O–H groups in total. The Morgan fingerprint density at radius 2 is 1.72 bits per heavy atom. The number of nitrogens with zero attached hydrogens (tertiary/aromatic N) is 4. The molecule has 1 aliphatic carbocycles. The number of benzene rings is 2. The summed E-state index contributed by atoms with van der Waals surface area (Å²) in [7, 11) is 0. The van der Waals surface area contributed by atoms with Crippen molar-refractivity contribution < 1.29 is 4.52 Å². The van der Waals surface area contributed by atoms with Gasteiger partial charge in [-0.05, 0) is 50.6 Å². The molecule has 5 nitrogen and oxygen atoms in total. The van der Waals surface area contributed by atoms with Crippen molar-refractivity contribution in [1.82, 2.24) is 14.5 Å². The normalized spacial score (nSPS) is 21.0. The molecule has 0 spiro atoms. The molecule has 7 heteroatoms. The largest absolute Gasteiger partial charge is 0.331 e. The van der Waals surface area contributed by atoms with Gasteiger partial charge in [0.15, 0.2) is 12.2 Å². The molecule has 148 valence electrons. The first-order chi connectivity index (χ1) is 14.1. The maximum atomic E-state index is 6.41. The summed E-state index contributed by atoms with van der Waals surface area (Å²) in [5.41, 5.74) is 2.95. The predicted molar refractivity (Wildman–Crippen MR) is 121 cm³/mol. The fourth-order valence-electron chi connectivity index (χ4n) is 3.86. The number of para-hydroxylation sites is 1. The van der Waals surface area contributed by atoms with Crippen molar-refractivity contribution in [2.75, 3.05) is 6.61 Å². The molecule has 29 heavy (non-hydrogen) atoms. The molecule has 0 amide bonds. The summed E-state index contributed by atoms with van der Waals surface area (Å²) >= 11 is 6.35. The summed E-state index contributed by atoms with van der Waals surface area (Å²) in [6, 6.07) is 20.8. The first-order valence-corrected chi connectivity index (χ1v) is 12.6. The van der Waals surface area contributed by atoms with Crippen molar-refractivity contribution >= 4 is 35.2 Å². The van der Waals surface area contributed by atoms with Crippen LogP contribution in [-0.4, -0.2) is 32.9 Å². The summed E-state index contributed by atoms with van der Waals surface area (Å²) in [5.74, 6) is 1.72. The molecule has 0 unspecified atom stereocenters. The Balaban J connectivity index is 1.80. The Bertz CT molecular complexity index is 1120. The van der Waals surface area contributed by atoms with Crippen LogP contribution in [0.2, 0.25) is 0 Å². The van der Waals surface area contributed by atoms with Gasteiger partial charge < -0.3 is 9.19 Å². The van der Waals surface area contributed by atoms with Gasteiger partial charge in [-0.25, -0.2) is 9.67 Å². The maximum absolute atomic E-state index is 6.41. The zero-order valence-corrected chi connectivity index (χ0v) is 18.2. The second kappa shape index (κ2) is 7.21. The summed E-state index contributed by atoms with van der Waals surface area (Å²) in [6.45, 7) is 4.61. The average Bonchev–Trinajstić information content (AvgIpc) is 3.51. The van der Waals surface area contributed by atoms with Crippen LogP contribution in [0.4, 0.5) is 5.82 Å². The van der Waals surface area contributed by atoms with E-state index in [4.69, 9.17) is 26.4 Å². The van der Waals surface area contributed by atoms with Crippen LogP contribution < -0.4 is 5.30 Å². The Hall–Kier alpha value is -2.27. The van der Waals surface area contributed by atoms with Crippen LogP contribution in [-0.2, 0) is 16.3 Å². The van der Waals surface area contributed by atoms with Gasteiger partial charge in [0, 0.05) is 11.6 Å². The Labute approximate surface area is 176 Å². The number of amidine groups is 1. The van der Waals surface area contributed by atoms with E-state index in [0.717, 1.165) is 46.7 Å². The van der Waals surface area contributed by atoms with Gasteiger partial charge in [0.2, 0.25) is 0 Å². The quantitative estimate of drug-likeness (QED) is 0.559. The predicted octanol–water partition coefficient (Wildman–Crippen LogP) is 4.71. The molecule has 0 radical (unpaired) electrons. The van der Waals surface area contributed by atoms with E-state index in [1.54, 1.807) is 0 Å². The smallest absolute Gasteiger partial charge is 0.193 e. The summed E-state index contributed by atoms with van der Waals surface area (Å²) in [6.07, 6.45) is -0.266. The Kier molecular flexibility index (Phi) is 4.66. The van der Waals surface area contributed by atoms with E-state index in [9.17, 15) is 0 Å². The van der Waals surface area contributed by atoms with E-state index < -0.39 is 6.42 Å². The highest BCUT2D eigenvalue weighted by Gasteiger charge is 2.48. The second-order valence-electron chi connectivity index (χ2n) is 7.32. The molecule has 1 aromatic heterocycles. The van der Waals surface area contributed by atoms with Crippen LogP contribution in [0.5, 0.6) is 0 Å². The van der Waals surface area contributed by atoms with Crippen molar-refractivity contribution in [3.05, 3.63) is 71.9 Å². The van der Waals surface area contributed by atoms with Crippen LogP contribution in [0.3, 0.4) is 0 Å². The second-order valence-corrected chi connectivity index (χ2v) is 11.0. The lowest BCUT2D eigenvalue weighted by Crippen LogP contribution is -2.38. The van der Waals surface area contributed by atoms with Gasteiger partial charge in [0.25, 0.3) is 0 Å². The minimum absolute atomic E-state index is 0.388. The summed E-state index contributed by atoms with van der Waals surface area (Å²) in [4.78, 5) is 5.16. The first-order valence-electron chi connectivity index (χ1n) is 9.97. The molecule has 0 saturated heterocycles. The SMILES string of the molecule is CCO[P@]1(=S)c2c(C)nn(-c3ccccc3)c2N=C(c2ccccc2)N1C1CC1. The lowest BCUT2D eigenvalue weighted by atomic mass is 10.2. The number of hydrogen-bond donors (Lipinski definition) is 0. The van der Waals surface area contributed by atoms with Gasteiger partial charge in [-0.2, -0.15) is 5.10 Å². The van der Waals surface area contributed by atoms with E-state index >= 15 is 0 Å². The molecule has 2 aromatic carbocycles. The number of aliphatic imine (C=N–C) groups is 1. The van der Waals surface area contributed by atoms with Crippen LogP contribution in [0, 0.1) is 6.92 Å². The highest BCUT2D eigenvalue weighted by Crippen LogP contribution is 2.60. The lowest BCUT2D eigenvalue weighted by molar-refractivity contribution is 0.354. The third-order valence-corrected chi connectivity index (χ3v) is 9.40. The standard InChI is InChI=1S/C22H23N4OPS/c1-3-27-28(29)20-16(2)24-25(18-12-8-5-9-13-18)22(20)23-21(26(28)19-14-15-19)17-10-6-4-7-11-17/h4-13,19H,3,14-15H2,1-2H3/t28-/m0/s1. The molecule has 2 aliphatic rings. The van der Waals surface area contributed by atoms with Gasteiger partial charge in [-0.3, -0.25) is 0 Å². The first kappa shape index (κ1) is 18.7. The fraction of sp³-hybridized carbons (Fsp3) is 0.273. The number of rotatable bonds is 5. The van der Waals surface area contributed by atoms with Crippen LogP contribution >= 0.6 is 6.42 Å². The average molecular weight is 422 g/mol. The lowest BCUT2D eigenvalue weighted by Gasteiger charge is -2.39. The van der Waals surface area contributed by atoms with Crippen LogP contribution in [0.15, 0.2) is 65.7 Å². The van der Waals surface area contributed by atoms with Crippen molar-refractivity contribution in [2.24, 2.45) is 4.99 Å². The van der Waals surface area contributed by atoms with E-state index in [-0.39, 0.29) is 0 Å². The zero-order valence-electron chi connectivity index (χ0n) is 16.5. The van der Waals surface area contributed by atoms with E-state index in [1.165, 1.54) is 0 Å². The maximum Gasteiger partial charge on any atom is 0.193 e. The summed E-state index contributed by atoms with van der Waals surface area (Å²) in [5, 5.41) is 5.84. The minimum Gasteiger partial charge on any atom is -0.331 e. The topological polar surface area (TPSA) is 42.6 Å². The Morgan fingerprint density at radius 1 is 1.07 bits per heavy atom. The fourth-order valence-corrected chi connectivity index (χ4v) is 8.19. The van der Waals surface area contributed by atoms with Gasteiger partial charge >= 0.3 is 0 Å². The molecule has 1 aliphatic heterocycles. The number of hydrogen-bond acceptors (Lipinski definition) is 4. The third-order valence-electron chi connectivity index (χ3n) is 5.23. The van der Waals surface area contributed by atoms with E-state index in [0.29, 0.717) is 12.6 Å². The van der Waals surface area contributed by atoms with Gasteiger partial charge in [0.05, 0.1) is 23.3 Å². The highest BCUT2D eigenvalue weighted by atomic mass is 32.4. The molecular formula is C22H23N4OPS. The van der Waals surface area contributed by atoms with Crippen LogP contribution in [0.25, 0.3) is 5.69 Å². The molecule has 2 heterocycles. The van der Waals surface area contributed by atoms with Gasteiger partial charge in [-0.15, -0.1) is 0 Å². The molecule has 1 fully saturated rings. The van der Waals surface area contributed by atoms with Crippen molar-refractivity contribution in [3.8, 4) is 5.69 Å². The zero-order chi connectivity index (χ0) is 20.0. The molecule has 5 rings (SSSR count). The summed E-state index contributed by atoms with van der Waals surface area (Å²) < 4.78 is 10.6. The van der Waals surface area contributed by atoms with Crippen molar-refractivity contribution in [2.45, 2.75) is 32.7 Å². The molecule has 1 atom stereocenters. The van der Waals surface area contributed by atoms with Crippen molar-refractivity contribution in [3.63, 3.8) is 0 Å². The van der Waals surface area contributed by atoms with Gasteiger partial charge in [-0.1, -0.05) is 48.5 Å². The van der Waals surface area contributed by atoms with Crippen LogP contribution in [0.1, 0.15) is 31.0 Å². The molecule has 0 bridgehead atoms. The number of fused-ring (bicyclic) bond motifs is 1. The third kappa shape index (κ3) is 3.07. The van der Waals surface area contributed by atoms with E-state index in [1.807, 2.05) is 67.1 Å². The van der Waals surface area contributed by atoms with E-state index in [2.05, 4.69) is 16.8 Å². The molecule has 3 aromatic rings. The molecular weight excluding hydrogens is 399 g/mol. The highest BCUT2D eigenvalue weighted by molar-refractivity contribution is 8.15.